The van der Waals surface area contributed by atoms with Crippen molar-refractivity contribution in [1.29, 1.82) is 0 Å². The molecule has 3 nitrogen and oxygen atoms in total. The Morgan fingerprint density at radius 1 is 1.48 bits per heavy atom. The van der Waals surface area contributed by atoms with E-state index in [1.54, 1.807) is 6.07 Å². The number of benzene rings is 1. The molecule has 0 amide bonds. The van der Waals surface area contributed by atoms with E-state index in [0.717, 1.165) is 12.6 Å². The van der Waals surface area contributed by atoms with Crippen LogP contribution in [0.1, 0.15) is 18.9 Å². The lowest BCUT2D eigenvalue weighted by Crippen LogP contribution is -2.43. The van der Waals surface area contributed by atoms with Crippen LogP contribution in [0.5, 0.6) is 0 Å². The summed E-state index contributed by atoms with van der Waals surface area (Å²) in [5.74, 6) is 0. The van der Waals surface area contributed by atoms with Gasteiger partial charge in [-0.1, -0.05) is 15.9 Å². The molecule has 2 atom stereocenters. The van der Waals surface area contributed by atoms with Crippen LogP contribution in [-0.2, 0) is 10.9 Å². The second kappa shape index (κ2) is 6.98. The highest BCUT2D eigenvalue weighted by Crippen LogP contribution is 2.36. The Labute approximate surface area is 130 Å². The fraction of sp³-hybridized carbons (Fsp3) is 0.571. The predicted molar refractivity (Wildman–Crippen MR) is 79.5 cm³/mol. The third-order valence-corrected chi connectivity index (χ3v) is 3.82. The molecule has 2 unspecified atom stereocenters. The van der Waals surface area contributed by atoms with Crippen molar-refractivity contribution in [2.45, 2.75) is 31.6 Å². The zero-order valence-electron chi connectivity index (χ0n) is 11.6. The molecule has 21 heavy (non-hydrogen) atoms. The van der Waals surface area contributed by atoms with E-state index in [0.29, 0.717) is 24.1 Å². The van der Waals surface area contributed by atoms with Gasteiger partial charge < -0.3 is 15.4 Å². The molecule has 1 aromatic rings. The minimum Gasteiger partial charge on any atom is -0.382 e. The summed E-state index contributed by atoms with van der Waals surface area (Å²) in [4.78, 5) is 0. The summed E-state index contributed by atoms with van der Waals surface area (Å²) in [7, 11) is 0. The molecule has 1 heterocycles. The summed E-state index contributed by atoms with van der Waals surface area (Å²) >= 11 is 3.08. The van der Waals surface area contributed by atoms with Crippen molar-refractivity contribution in [2.75, 3.05) is 25.1 Å². The molecule has 118 valence electrons. The normalized spacial score (nSPS) is 21.1. The largest absolute Gasteiger partial charge is 0.418 e. The lowest BCUT2D eigenvalue weighted by Gasteiger charge is -2.27. The van der Waals surface area contributed by atoms with Gasteiger partial charge in [-0.3, -0.25) is 0 Å². The summed E-state index contributed by atoms with van der Waals surface area (Å²) in [6, 6.07) is 4.23. The molecule has 1 aliphatic heterocycles. The fourth-order valence-electron chi connectivity index (χ4n) is 2.40. The molecule has 0 spiro atoms. The molecular formula is C14H18BrF3N2O. The lowest BCUT2D eigenvalue weighted by atomic mass is 10.1. The first-order valence-corrected chi connectivity index (χ1v) is 7.60. The monoisotopic (exact) mass is 366 g/mol. The topological polar surface area (TPSA) is 33.3 Å². The average Bonchev–Trinajstić information content (AvgIpc) is 2.40. The van der Waals surface area contributed by atoms with Crippen LogP contribution in [0.2, 0.25) is 0 Å². The van der Waals surface area contributed by atoms with E-state index < -0.39 is 11.7 Å². The van der Waals surface area contributed by atoms with Crippen molar-refractivity contribution in [3.63, 3.8) is 0 Å². The Morgan fingerprint density at radius 3 is 2.86 bits per heavy atom. The third-order valence-electron chi connectivity index (χ3n) is 3.33. The van der Waals surface area contributed by atoms with Crippen LogP contribution in [-0.4, -0.2) is 31.8 Å². The van der Waals surface area contributed by atoms with Gasteiger partial charge >= 0.3 is 6.18 Å². The lowest BCUT2D eigenvalue weighted by molar-refractivity contribution is -0.137. The molecule has 2 N–H and O–H groups in total. The van der Waals surface area contributed by atoms with Gasteiger partial charge in [0, 0.05) is 28.8 Å². The highest BCUT2D eigenvalue weighted by atomic mass is 79.9. The van der Waals surface area contributed by atoms with Crippen LogP contribution in [0.25, 0.3) is 0 Å². The maximum atomic E-state index is 13.0. The molecule has 0 aromatic heterocycles. The van der Waals surface area contributed by atoms with Crippen molar-refractivity contribution in [3.8, 4) is 0 Å². The Balaban J connectivity index is 2.04. The van der Waals surface area contributed by atoms with E-state index in [2.05, 4.69) is 26.6 Å². The van der Waals surface area contributed by atoms with E-state index in [9.17, 15) is 13.2 Å². The van der Waals surface area contributed by atoms with E-state index in [1.807, 2.05) is 6.92 Å². The van der Waals surface area contributed by atoms with Gasteiger partial charge in [-0.15, -0.1) is 0 Å². The molecule has 1 saturated heterocycles. The van der Waals surface area contributed by atoms with Crippen LogP contribution in [0, 0.1) is 0 Å². The number of ether oxygens (including phenoxy) is 1. The minimum absolute atomic E-state index is 0.0912. The van der Waals surface area contributed by atoms with Crippen LogP contribution >= 0.6 is 15.9 Å². The second-order valence-electron chi connectivity index (χ2n) is 5.19. The molecule has 1 fully saturated rings. The first-order chi connectivity index (χ1) is 9.86. The fourth-order valence-corrected chi connectivity index (χ4v) is 2.76. The predicted octanol–water partition coefficient (Wildman–Crippen LogP) is 3.65. The number of nitrogens with one attached hydrogen (secondary N) is 2. The number of rotatable bonds is 4. The average molecular weight is 367 g/mol. The molecule has 2 rings (SSSR count). The molecule has 1 aliphatic rings. The van der Waals surface area contributed by atoms with Gasteiger partial charge in [0.2, 0.25) is 0 Å². The molecule has 0 radical (unpaired) electrons. The first-order valence-electron chi connectivity index (χ1n) is 6.80. The molecule has 0 aliphatic carbocycles. The number of halogens is 4. The van der Waals surface area contributed by atoms with Crippen LogP contribution in [0.4, 0.5) is 18.9 Å². The number of hydrogen-bond acceptors (Lipinski definition) is 3. The Bertz CT molecular complexity index is 476. The van der Waals surface area contributed by atoms with Gasteiger partial charge in [0.25, 0.3) is 0 Å². The standard InChI is InChI=1S/C14H18BrF3N2O/c1-9(6-11-8-21-5-4-19-11)20-13-3-2-10(15)7-12(13)14(16,17)18/h2-3,7,9,11,19-20H,4-6,8H2,1H3. The number of morpholine rings is 1. The quantitative estimate of drug-likeness (QED) is 0.853. The first kappa shape index (κ1) is 16.6. The van der Waals surface area contributed by atoms with Crippen molar-refractivity contribution < 1.29 is 17.9 Å². The molecule has 1 aromatic carbocycles. The Morgan fingerprint density at radius 2 is 2.24 bits per heavy atom. The van der Waals surface area contributed by atoms with E-state index in [1.165, 1.54) is 6.07 Å². The summed E-state index contributed by atoms with van der Waals surface area (Å²) in [6.07, 6.45) is -3.68. The van der Waals surface area contributed by atoms with Gasteiger partial charge in [-0.05, 0) is 31.5 Å². The number of alkyl halides is 3. The summed E-state index contributed by atoms with van der Waals surface area (Å²) in [5, 5.41) is 6.25. The smallest absolute Gasteiger partial charge is 0.382 e. The highest BCUT2D eigenvalue weighted by Gasteiger charge is 2.34. The van der Waals surface area contributed by atoms with Gasteiger partial charge in [-0.25, -0.2) is 0 Å². The molecule has 7 heteroatoms. The zero-order chi connectivity index (χ0) is 15.5. The summed E-state index contributed by atoms with van der Waals surface area (Å²) in [5.41, 5.74) is -0.550. The Hall–Kier alpha value is -0.790. The van der Waals surface area contributed by atoms with Crippen molar-refractivity contribution in [1.82, 2.24) is 5.32 Å². The van der Waals surface area contributed by atoms with Crippen LogP contribution in [0.3, 0.4) is 0 Å². The van der Waals surface area contributed by atoms with Crippen molar-refractivity contribution in [3.05, 3.63) is 28.2 Å². The second-order valence-corrected chi connectivity index (χ2v) is 6.11. The zero-order valence-corrected chi connectivity index (χ0v) is 13.2. The van der Waals surface area contributed by atoms with Gasteiger partial charge in [-0.2, -0.15) is 13.2 Å². The van der Waals surface area contributed by atoms with Gasteiger partial charge in [0.15, 0.2) is 0 Å². The van der Waals surface area contributed by atoms with Crippen molar-refractivity contribution >= 4 is 21.6 Å². The SMILES string of the molecule is CC(CC1COCCN1)Nc1ccc(Br)cc1C(F)(F)F. The summed E-state index contributed by atoms with van der Waals surface area (Å²) < 4.78 is 44.9. The molecular weight excluding hydrogens is 349 g/mol. The number of anilines is 1. The molecule has 0 saturated carbocycles. The van der Waals surface area contributed by atoms with Gasteiger partial charge in [0.05, 0.1) is 18.8 Å². The highest BCUT2D eigenvalue weighted by molar-refractivity contribution is 9.10. The Kier molecular flexibility index (Phi) is 5.51. The minimum atomic E-state index is -4.38. The third kappa shape index (κ3) is 4.86. The van der Waals surface area contributed by atoms with Gasteiger partial charge in [0.1, 0.15) is 0 Å². The molecule has 0 bridgehead atoms. The maximum absolute atomic E-state index is 13.0. The van der Waals surface area contributed by atoms with E-state index in [-0.39, 0.29) is 17.8 Å². The van der Waals surface area contributed by atoms with Crippen LogP contribution in [0.15, 0.2) is 22.7 Å². The van der Waals surface area contributed by atoms with E-state index >= 15 is 0 Å². The van der Waals surface area contributed by atoms with Crippen LogP contribution < -0.4 is 10.6 Å². The number of hydrogen-bond donors (Lipinski definition) is 2. The van der Waals surface area contributed by atoms with Crippen molar-refractivity contribution in [2.24, 2.45) is 0 Å². The maximum Gasteiger partial charge on any atom is 0.418 e. The van der Waals surface area contributed by atoms with E-state index in [4.69, 9.17) is 4.74 Å². The summed E-state index contributed by atoms with van der Waals surface area (Å²) in [6.45, 7) is 3.93.